The minimum atomic E-state index is -1.01. The Bertz CT molecular complexity index is 885. The molecule has 2 N–H and O–H groups in total. The lowest BCUT2D eigenvalue weighted by molar-refractivity contribution is -0.133. The lowest BCUT2D eigenvalue weighted by atomic mass is 9.82. The Morgan fingerprint density at radius 3 is 2.64 bits per heavy atom. The maximum atomic E-state index is 12.0. The van der Waals surface area contributed by atoms with Gasteiger partial charge < -0.3 is 10.4 Å². The maximum Gasteiger partial charge on any atom is 0.334 e. The van der Waals surface area contributed by atoms with Crippen LogP contribution in [-0.4, -0.2) is 26.8 Å². The van der Waals surface area contributed by atoms with Crippen LogP contribution in [0.15, 0.2) is 41.7 Å². The average molecular weight is 360 g/mol. The second-order valence-electron chi connectivity index (χ2n) is 5.92. The molecule has 3 rings (SSSR count). The largest absolute Gasteiger partial charge is 0.478 e. The summed E-state index contributed by atoms with van der Waals surface area (Å²) >= 11 is 6.36. The van der Waals surface area contributed by atoms with Crippen LogP contribution in [0, 0.1) is 0 Å². The number of carbonyl (C=O) groups excluding carboxylic acids is 1. The van der Waals surface area contributed by atoms with Crippen molar-refractivity contribution < 1.29 is 14.7 Å². The van der Waals surface area contributed by atoms with Crippen LogP contribution in [0.25, 0.3) is 0 Å². The van der Waals surface area contributed by atoms with Crippen LogP contribution < -0.4 is 5.32 Å². The van der Waals surface area contributed by atoms with Crippen molar-refractivity contribution >= 4 is 29.3 Å². The summed E-state index contributed by atoms with van der Waals surface area (Å²) in [6.07, 6.45) is 2.91. The lowest BCUT2D eigenvalue weighted by Gasteiger charge is -2.27. The highest BCUT2D eigenvalue weighted by molar-refractivity contribution is 6.31. The number of anilines is 1. The van der Waals surface area contributed by atoms with E-state index in [-0.39, 0.29) is 11.5 Å². The van der Waals surface area contributed by atoms with Crippen LogP contribution in [0.3, 0.4) is 0 Å². The van der Waals surface area contributed by atoms with E-state index < -0.39 is 11.9 Å². The minimum Gasteiger partial charge on any atom is -0.478 e. The number of halogens is 1. The monoisotopic (exact) mass is 359 g/mol. The van der Waals surface area contributed by atoms with Crippen LogP contribution >= 0.6 is 11.6 Å². The first-order valence-corrected chi connectivity index (χ1v) is 8.40. The summed E-state index contributed by atoms with van der Waals surface area (Å²) in [7, 11) is 0. The number of carboxylic acids is 1. The lowest BCUT2D eigenvalue weighted by Crippen LogP contribution is -2.23. The number of carbonyl (C=O) groups is 2. The summed E-state index contributed by atoms with van der Waals surface area (Å²) in [6.45, 7) is 3.38. The highest BCUT2D eigenvalue weighted by Crippen LogP contribution is 2.44. The van der Waals surface area contributed by atoms with E-state index in [1.807, 2.05) is 13.0 Å². The molecular formula is C18H18ClN3O3. The molecule has 2 heterocycles. The van der Waals surface area contributed by atoms with Crippen LogP contribution in [0.1, 0.15) is 48.5 Å². The molecule has 130 valence electrons. The minimum absolute atomic E-state index is 0.241. The Morgan fingerprint density at radius 1 is 1.32 bits per heavy atom. The summed E-state index contributed by atoms with van der Waals surface area (Å²) < 4.78 is 1.22. The Morgan fingerprint density at radius 2 is 2.04 bits per heavy atom. The Hall–Kier alpha value is -2.60. The zero-order valence-electron chi connectivity index (χ0n) is 13.9. The van der Waals surface area contributed by atoms with Gasteiger partial charge in [-0.2, -0.15) is 0 Å². The number of benzene rings is 1. The SMILES string of the molecule is CCCC1=C(C(=O)O)C(c2ccccc2Cl)c2cn(C(C)=O)nc2N1. The van der Waals surface area contributed by atoms with E-state index in [2.05, 4.69) is 10.4 Å². The second-order valence-corrected chi connectivity index (χ2v) is 6.33. The molecule has 0 aliphatic carbocycles. The van der Waals surface area contributed by atoms with Crippen molar-refractivity contribution in [3.63, 3.8) is 0 Å². The summed E-state index contributed by atoms with van der Waals surface area (Å²) in [4.78, 5) is 23.8. The number of fused-ring (bicyclic) bond motifs is 1. The zero-order chi connectivity index (χ0) is 18.1. The molecular weight excluding hydrogens is 342 g/mol. The van der Waals surface area contributed by atoms with Crippen molar-refractivity contribution in [1.29, 1.82) is 0 Å². The first-order valence-electron chi connectivity index (χ1n) is 8.02. The van der Waals surface area contributed by atoms with E-state index in [9.17, 15) is 14.7 Å². The topological polar surface area (TPSA) is 84.2 Å². The van der Waals surface area contributed by atoms with Gasteiger partial charge in [0.1, 0.15) is 0 Å². The van der Waals surface area contributed by atoms with Crippen molar-refractivity contribution in [2.24, 2.45) is 0 Å². The molecule has 0 saturated carbocycles. The second kappa shape index (κ2) is 6.72. The van der Waals surface area contributed by atoms with Crippen LogP contribution in [0.5, 0.6) is 0 Å². The van der Waals surface area contributed by atoms with Crippen molar-refractivity contribution in [2.45, 2.75) is 32.6 Å². The van der Waals surface area contributed by atoms with Gasteiger partial charge in [0, 0.05) is 35.3 Å². The van der Waals surface area contributed by atoms with Gasteiger partial charge in [0.25, 0.3) is 0 Å². The number of nitrogens with one attached hydrogen (secondary N) is 1. The van der Waals surface area contributed by atoms with Gasteiger partial charge in [-0.1, -0.05) is 43.1 Å². The van der Waals surface area contributed by atoms with Crippen molar-refractivity contribution in [3.8, 4) is 0 Å². The highest BCUT2D eigenvalue weighted by atomic mass is 35.5. The van der Waals surface area contributed by atoms with E-state index >= 15 is 0 Å². The fourth-order valence-electron chi connectivity index (χ4n) is 3.13. The van der Waals surface area contributed by atoms with Gasteiger partial charge in [0.05, 0.1) is 5.57 Å². The standard InChI is InChI=1S/C18H18ClN3O3/c1-3-6-14-16(18(24)25)15(11-7-4-5-8-13(11)19)12-9-22(10(2)23)21-17(12)20-14/h4-5,7-9,15H,3,6H2,1-2H3,(H,20,21)(H,24,25). The molecule has 0 radical (unpaired) electrons. The summed E-state index contributed by atoms with van der Waals surface area (Å²) in [5, 5.41) is 17.7. The number of carboxylic acid groups (broad SMARTS) is 1. The molecule has 0 saturated heterocycles. The molecule has 1 unspecified atom stereocenters. The molecule has 1 aliphatic rings. The first-order chi connectivity index (χ1) is 11.9. The molecule has 6 nitrogen and oxygen atoms in total. The maximum absolute atomic E-state index is 12.0. The quantitative estimate of drug-likeness (QED) is 0.865. The molecule has 0 amide bonds. The average Bonchev–Trinajstić information content (AvgIpc) is 2.98. The molecule has 25 heavy (non-hydrogen) atoms. The number of nitrogens with zero attached hydrogens (tertiary/aromatic N) is 2. The fourth-order valence-corrected chi connectivity index (χ4v) is 3.37. The highest BCUT2D eigenvalue weighted by Gasteiger charge is 2.36. The third-order valence-corrected chi connectivity index (χ3v) is 4.55. The molecule has 0 bridgehead atoms. The molecule has 1 aliphatic heterocycles. The number of hydrogen-bond donors (Lipinski definition) is 2. The van der Waals surface area contributed by atoms with Crippen molar-refractivity contribution in [3.05, 3.63) is 57.9 Å². The molecule has 2 aromatic rings. The summed E-state index contributed by atoms with van der Waals surface area (Å²) in [5.41, 5.74) is 2.15. The van der Waals surface area contributed by atoms with Crippen molar-refractivity contribution in [1.82, 2.24) is 9.78 Å². The van der Waals surface area contributed by atoms with E-state index in [1.54, 1.807) is 24.4 Å². The van der Waals surface area contributed by atoms with E-state index in [1.165, 1.54) is 11.6 Å². The van der Waals surface area contributed by atoms with Gasteiger partial charge in [-0.3, -0.25) is 4.79 Å². The molecule has 1 aromatic carbocycles. The van der Waals surface area contributed by atoms with Gasteiger partial charge in [0.15, 0.2) is 5.82 Å². The smallest absolute Gasteiger partial charge is 0.334 e. The van der Waals surface area contributed by atoms with Crippen LogP contribution in [0.4, 0.5) is 5.82 Å². The van der Waals surface area contributed by atoms with Gasteiger partial charge in [-0.15, -0.1) is 5.10 Å². The van der Waals surface area contributed by atoms with Crippen LogP contribution in [-0.2, 0) is 4.79 Å². The summed E-state index contributed by atoms with van der Waals surface area (Å²) in [5.74, 6) is -1.35. The fraction of sp³-hybridized carbons (Fsp3) is 0.278. The van der Waals surface area contributed by atoms with E-state index in [0.29, 0.717) is 34.1 Å². The number of aliphatic carboxylic acids is 1. The Kier molecular flexibility index (Phi) is 4.63. The third-order valence-electron chi connectivity index (χ3n) is 4.21. The van der Waals surface area contributed by atoms with Gasteiger partial charge in [-0.05, 0) is 18.1 Å². The number of rotatable bonds is 4. The van der Waals surface area contributed by atoms with Crippen LogP contribution in [0.2, 0.25) is 5.02 Å². The Balaban J connectivity index is 2.27. The number of hydrogen-bond acceptors (Lipinski definition) is 4. The number of allylic oxidation sites excluding steroid dienone is 1. The molecule has 0 spiro atoms. The van der Waals surface area contributed by atoms with Crippen molar-refractivity contribution in [2.75, 3.05) is 5.32 Å². The molecule has 1 aromatic heterocycles. The van der Waals surface area contributed by atoms with Gasteiger partial charge in [0.2, 0.25) is 5.91 Å². The Labute approximate surface area is 150 Å². The number of aromatic nitrogens is 2. The van der Waals surface area contributed by atoms with E-state index in [0.717, 1.165) is 6.42 Å². The predicted molar refractivity (Wildman–Crippen MR) is 95.0 cm³/mol. The van der Waals surface area contributed by atoms with E-state index in [4.69, 9.17) is 11.6 Å². The molecule has 1 atom stereocenters. The zero-order valence-corrected chi connectivity index (χ0v) is 14.7. The molecule has 0 fully saturated rings. The van der Waals surface area contributed by atoms with Gasteiger partial charge in [-0.25, -0.2) is 9.48 Å². The normalized spacial score (nSPS) is 16.4. The first kappa shape index (κ1) is 17.2. The third kappa shape index (κ3) is 3.05. The van der Waals surface area contributed by atoms with Gasteiger partial charge >= 0.3 is 5.97 Å². The predicted octanol–water partition coefficient (Wildman–Crippen LogP) is 3.89. The molecule has 7 heteroatoms. The summed E-state index contributed by atoms with van der Waals surface area (Å²) in [6, 6.07) is 7.15.